The first-order chi connectivity index (χ1) is 5.78. The molecular weight excluding hydrogens is 166 g/mol. The van der Waals surface area contributed by atoms with Crippen LogP contribution in [-0.4, -0.2) is 22.2 Å². The lowest BCUT2D eigenvalue weighted by atomic mass is 10.1. The molecule has 1 fully saturated rings. The minimum absolute atomic E-state index is 0.0446. The average Bonchev–Trinajstić information content (AvgIpc) is 2.27. The number of amides is 2. The van der Waals surface area contributed by atoms with Crippen molar-refractivity contribution in [1.29, 1.82) is 0 Å². The molecule has 0 aliphatic carbocycles. The summed E-state index contributed by atoms with van der Waals surface area (Å²) in [6.07, 6.45) is 0.866. The Morgan fingerprint density at radius 1 is 1.46 bits per heavy atom. The maximum absolute atomic E-state index is 11.5. The zero-order chi connectivity index (χ0) is 10.3. The van der Waals surface area contributed by atoms with Gasteiger partial charge < -0.3 is 5.32 Å². The average molecular weight is 185 g/mol. The topological polar surface area (TPSA) is 44.4 Å². The Balaban J connectivity index is 2.79. The lowest BCUT2D eigenvalue weighted by Crippen LogP contribution is -2.53. The highest BCUT2D eigenvalue weighted by Gasteiger charge is 2.41. The van der Waals surface area contributed by atoms with Gasteiger partial charge in [0.1, 0.15) is 5.66 Å². The first-order valence-corrected chi connectivity index (χ1v) is 4.69. The summed E-state index contributed by atoms with van der Waals surface area (Å²) in [5.74, 6) is 0. The summed E-state index contributed by atoms with van der Waals surface area (Å²) < 4.78 is 0. The number of hydrazine groups is 1. The van der Waals surface area contributed by atoms with Crippen molar-refractivity contribution >= 4 is 6.03 Å². The van der Waals surface area contributed by atoms with E-state index in [1.54, 1.807) is 5.01 Å². The van der Waals surface area contributed by atoms with E-state index in [1.165, 1.54) is 0 Å². The summed E-state index contributed by atoms with van der Waals surface area (Å²) in [5, 5.41) is 4.56. The zero-order valence-electron chi connectivity index (χ0n) is 9.06. The Bertz CT molecular complexity index is 221. The highest BCUT2D eigenvalue weighted by molar-refractivity contribution is 5.77. The van der Waals surface area contributed by atoms with Crippen molar-refractivity contribution < 1.29 is 4.79 Å². The van der Waals surface area contributed by atoms with Crippen molar-refractivity contribution in [1.82, 2.24) is 15.8 Å². The second kappa shape index (κ2) is 2.87. The minimum atomic E-state index is -0.287. The summed E-state index contributed by atoms with van der Waals surface area (Å²) in [5.41, 5.74) is 2.71. The summed E-state index contributed by atoms with van der Waals surface area (Å²) >= 11 is 0. The van der Waals surface area contributed by atoms with Crippen LogP contribution in [0, 0.1) is 0 Å². The molecule has 2 amide bonds. The van der Waals surface area contributed by atoms with E-state index in [-0.39, 0.29) is 17.2 Å². The third kappa shape index (κ3) is 1.94. The molecule has 76 valence electrons. The van der Waals surface area contributed by atoms with Gasteiger partial charge in [-0.2, -0.15) is 0 Å². The van der Waals surface area contributed by atoms with Gasteiger partial charge in [0.05, 0.1) is 5.54 Å². The standard InChI is InChI=1S/C9H19N3O/c1-6-9(5)10-7(13)12(11-9)8(2,3)4/h11H,6H2,1-5H3,(H,10,13). The van der Waals surface area contributed by atoms with E-state index in [0.717, 1.165) is 6.42 Å². The summed E-state index contributed by atoms with van der Waals surface area (Å²) in [7, 11) is 0. The van der Waals surface area contributed by atoms with Gasteiger partial charge in [-0.3, -0.25) is 5.01 Å². The smallest absolute Gasteiger partial charge is 0.317 e. The molecule has 4 heteroatoms. The predicted octanol–water partition coefficient (Wildman–Crippen LogP) is 1.44. The van der Waals surface area contributed by atoms with Crippen LogP contribution < -0.4 is 10.7 Å². The molecule has 2 N–H and O–H groups in total. The first kappa shape index (κ1) is 10.3. The molecule has 1 saturated heterocycles. The maximum atomic E-state index is 11.5. The molecule has 1 aliphatic rings. The molecule has 1 heterocycles. The fourth-order valence-electron chi connectivity index (χ4n) is 1.26. The molecule has 0 radical (unpaired) electrons. The van der Waals surface area contributed by atoms with Crippen LogP contribution in [-0.2, 0) is 0 Å². The molecule has 0 spiro atoms. The largest absolute Gasteiger partial charge is 0.333 e. The fourth-order valence-corrected chi connectivity index (χ4v) is 1.26. The number of nitrogens with zero attached hydrogens (tertiary/aromatic N) is 1. The molecule has 0 aromatic carbocycles. The van der Waals surface area contributed by atoms with Crippen molar-refractivity contribution in [3.05, 3.63) is 0 Å². The molecule has 0 aromatic heterocycles. The molecule has 4 nitrogen and oxygen atoms in total. The number of urea groups is 1. The number of hydrogen-bond donors (Lipinski definition) is 2. The molecule has 1 unspecified atom stereocenters. The van der Waals surface area contributed by atoms with Gasteiger partial charge in [-0.15, -0.1) is 0 Å². The Labute approximate surface area is 79.6 Å². The molecule has 13 heavy (non-hydrogen) atoms. The third-order valence-electron chi connectivity index (χ3n) is 2.32. The first-order valence-electron chi connectivity index (χ1n) is 4.69. The molecule has 1 atom stereocenters. The minimum Gasteiger partial charge on any atom is -0.317 e. The zero-order valence-corrected chi connectivity index (χ0v) is 9.06. The second-order valence-corrected chi connectivity index (χ2v) is 4.73. The number of nitrogens with one attached hydrogen (secondary N) is 2. The van der Waals surface area contributed by atoms with Crippen LogP contribution in [0.15, 0.2) is 0 Å². The molecule has 0 aromatic rings. The summed E-state index contributed by atoms with van der Waals surface area (Å²) in [6.45, 7) is 10.0. The van der Waals surface area contributed by atoms with Gasteiger partial charge in [-0.1, -0.05) is 6.92 Å². The Morgan fingerprint density at radius 2 is 2.00 bits per heavy atom. The van der Waals surface area contributed by atoms with Crippen molar-refractivity contribution in [2.45, 2.75) is 52.2 Å². The molecule has 1 rings (SSSR count). The van der Waals surface area contributed by atoms with E-state index >= 15 is 0 Å². The van der Waals surface area contributed by atoms with E-state index in [9.17, 15) is 4.79 Å². The second-order valence-electron chi connectivity index (χ2n) is 4.73. The summed E-state index contributed by atoms with van der Waals surface area (Å²) in [4.78, 5) is 11.5. The van der Waals surface area contributed by atoms with Gasteiger partial charge >= 0.3 is 6.03 Å². The number of rotatable bonds is 1. The number of carbonyl (C=O) groups excluding carboxylic acids is 1. The van der Waals surface area contributed by atoms with E-state index in [2.05, 4.69) is 10.7 Å². The fraction of sp³-hybridized carbons (Fsp3) is 0.889. The van der Waals surface area contributed by atoms with Crippen LogP contribution >= 0.6 is 0 Å². The Hall–Kier alpha value is -0.770. The molecule has 0 saturated carbocycles. The van der Waals surface area contributed by atoms with E-state index in [1.807, 2.05) is 34.6 Å². The van der Waals surface area contributed by atoms with Crippen molar-refractivity contribution in [2.24, 2.45) is 0 Å². The van der Waals surface area contributed by atoms with Crippen LogP contribution in [0.4, 0.5) is 4.79 Å². The van der Waals surface area contributed by atoms with Crippen molar-refractivity contribution in [3.8, 4) is 0 Å². The maximum Gasteiger partial charge on any atom is 0.333 e. The van der Waals surface area contributed by atoms with E-state index in [0.29, 0.717) is 0 Å². The third-order valence-corrected chi connectivity index (χ3v) is 2.32. The lowest BCUT2D eigenvalue weighted by molar-refractivity contribution is 0.108. The quantitative estimate of drug-likeness (QED) is 0.649. The van der Waals surface area contributed by atoms with Gasteiger partial charge in [-0.05, 0) is 34.1 Å². The number of carbonyl (C=O) groups is 1. The van der Waals surface area contributed by atoms with Gasteiger partial charge in [0.2, 0.25) is 0 Å². The molecular formula is C9H19N3O. The summed E-state index contributed by atoms with van der Waals surface area (Å²) in [6, 6.07) is -0.0446. The Kier molecular flexibility index (Phi) is 2.28. The van der Waals surface area contributed by atoms with Crippen molar-refractivity contribution in [2.75, 3.05) is 0 Å². The van der Waals surface area contributed by atoms with Crippen LogP contribution in [0.25, 0.3) is 0 Å². The normalized spacial score (nSPS) is 29.3. The van der Waals surface area contributed by atoms with E-state index < -0.39 is 0 Å². The van der Waals surface area contributed by atoms with Gasteiger partial charge in [0, 0.05) is 0 Å². The SMILES string of the molecule is CCC1(C)NC(=O)N(C(C)(C)C)N1. The van der Waals surface area contributed by atoms with Gasteiger partial charge in [-0.25, -0.2) is 10.2 Å². The number of hydrogen-bond acceptors (Lipinski definition) is 2. The van der Waals surface area contributed by atoms with Crippen LogP contribution in [0.5, 0.6) is 0 Å². The van der Waals surface area contributed by atoms with Crippen LogP contribution in [0.2, 0.25) is 0 Å². The molecule has 1 aliphatic heterocycles. The lowest BCUT2D eigenvalue weighted by Gasteiger charge is -2.32. The monoisotopic (exact) mass is 185 g/mol. The predicted molar refractivity (Wildman–Crippen MR) is 52.0 cm³/mol. The molecule has 0 bridgehead atoms. The van der Waals surface area contributed by atoms with Crippen LogP contribution in [0.1, 0.15) is 41.0 Å². The van der Waals surface area contributed by atoms with E-state index in [4.69, 9.17) is 0 Å². The van der Waals surface area contributed by atoms with Crippen molar-refractivity contribution in [3.63, 3.8) is 0 Å². The van der Waals surface area contributed by atoms with Gasteiger partial charge in [0.15, 0.2) is 0 Å². The highest BCUT2D eigenvalue weighted by atomic mass is 16.2. The van der Waals surface area contributed by atoms with Gasteiger partial charge in [0.25, 0.3) is 0 Å². The highest BCUT2D eigenvalue weighted by Crippen LogP contribution is 2.20. The van der Waals surface area contributed by atoms with Crippen LogP contribution in [0.3, 0.4) is 0 Å². The Morgan fingerprint density at radius 3 is 2.23 bits per heavy atom.